The Balaban J connectivity index is 2.77. The summed E-state index contributed by atoms with van der Waals surface area (Å²) in [5.74, 6) is -1.06. The normalized spacial score (nSPS) is 36.4. The van der Waals surface area contributed by atoms with E-state index in [0.29, 0.717) is 6.42 Å². The molecule has 0 radical (unpaired) electrons. The standard InChI is InChI=1S/C9H14O3/c1-4-7-5(2)8(10)6(3)9(11)12-7/h5-7H,4H2,1-3H3/t5-,6-,7-/m1/s1. The third kappa shape index (κ3) is 1.36. The summed E-state index contributed by atoms with van der Waals surface area (Å²) >= 11 is 0. The number of carbonyl (C=O) groups excluding carboxylic acids is 2. The molecule has 3 atom stereocenters. The van der Waals surface area contributed by atoms with Crippen molar-refractivity contribution < 1.29 is 14.3 Å². The fourth-order valence-corrected chi connectivity index (χ4v) is 1.48. The van der Waals surface area contributed by atoms with Crippen molar-refractivity contribution in [2.75, 3.05) is 0 Å². The second-order valence-corrected chi connectivity index (χ2v) is 3.30. The van der Waals surface area contributed by atoms with Gasteiger partial charge in [-0.3, -0.25) is 9.59 Å². The molecule has 1 aliphatic heterocycles. The average molecular weight is 170 g/mol. The van der Waals surface area contributed by atoms with Crippen LogP contribution in [0.15, 0.2) is 0 Å². The zero-order chi connectivity index (χ0) is 9.30. The van der Waals surface area contributed by atoms with Gasteiger partial charge in [0.15, 0.2) is 5.78 Å². The lowest BCUT2D eigenvalue weighted by Crippen LogP contribution is -2.43. The largest absolute Gasteiger partial charge is 0.461 e. The van der Waals surface area contributed by atoms with E-state index in [9.17, 15) is 9.59 Å². The van der Waals surface area contributed by atoms with Crippen LogP contribution in [-0.4, -0.2) is 17.9 Å². The Hall–Kier alpha value is -0.860. The molecule has 1 aliphatic rings. The van der Waals surface area contributed by atoms with Crippen molar-refractivity contribution in [2.45, 2.75) is 33.3 Å². The lowest BCUT2D eigenvalue weighted by atomic mass is 9.87. The molecule has 3 nitrogen and oxygen atoms in total. The molecular formula is C9H14O3. The molecule has 0 bridgehead atoms. The van der Waals surface area contributed by atoms with Gasteiger partial charge >= 0.3 is 5.97 Å². The van der Waals surface area contributed by atoms with E-state index in [4.69, 9.17) is 4.74 Å². The summed E-state index contributed by atoms with van der Waals surface area (Å²) in [4.78, 5) is 22.5. The molecule has 0 saturated carbocycles. The highest BCUT2D eigenvalue weighted by Crippen LogP contribution is 2.23. The van der Waals surface area contributed by atoms with Crippen molar-refractivity contribution in [1.82, 2.24) is 0 Å². The summed E-state index contributed by atoms with van der Waals surface area (Å²) in [5.41, 5.74) is 0. The molecule has 0 aliphatic carbocycles. The number of ketones is 1. The molecule has 1 fully saturated rings. The molecule has 0 aromatic rings. The molecule has 1 rings (SSSR count). The van der Waals surface area contributed by atoms with Crippen molar-refractivity contribution in [3.05, 3.63) is 0 Å². The number of carbonyl (C=O) groups is 2. The van der Waals surface area contributed by atoms with Crippen LogP contribution >= 0.6 is 0 Å². The average Bonchev–Trinajstić information content (AvgIpc) is 2.08. The molecule has 68 valence electrons. The highest BCUT2D eigenvalue weighted by Gasteiger charge is 2.38. The summed E-state index contributed by atoms with van der Waals surface area (Å²) < 4.78 is 5.07. The topological polar surface area (TPSA) is 43.4 Å². The molecule has 0 spiro atoms. The summed E-state index contributed by atoms with van der Waals surface area (Å²) in [6.45, 7) is 5.34. The first-order valence-electron chi connectivity index (χ1n) is 4.32. The van der Waals surface area contributed by atoms with Crippen LogP contribution in [0.4, 0.5) is 0 Å². The molecule has 0 unspecified atom stereocenters. The summed E-state index contributed by atoms with van der Waals surface area (Å²) in [6.07, 6.45) is 0.506. The second-order valence-electron chi connectivity index (χ2n) is 3.30. The molecule has 0 aromatic heterocycles. The van der Waals surface area contributed by atoms with E-state index >= 15 is 0 Å². The molecular weight excluding hydrogens is 156 g/mol. The first-order chi connectivity index (χ1) is 5.57. The fourth-order valence-electron chi connectivity index (χ4n) is 1.48. The molecule has 3 heteroatoms. The van der Waals surface area contributed by atoms with Gasteiger partial charge in [0.05, 0.1) is 5.92 Å². The van der Waals surface area contributed by atoms with Crippen LogP contribution in [0.5, 0.6) is 0 Å². The maximum absolute atomic E-state index is 11.4. The van der Waals surface area contributed by atoms with Gasteiger partial charge in [-0.1, -0.05) is 13.8 Å². The van der Waals surface area contributed by atoms with E-state index < -0.39 is 5.92 Å². The van der Waals surface area contributed by atoms with Crippen LogP contribution in [0.25, 0.3) is 0 Å². The van der Waals surface area contributed by atoms with Gasteiger partial charge in [0.25, 0.3) is 0 Å². The number of Topliss-reactive ketones (excluding diaryl/α,β-unsaturated/α-hetero) is 1. The Morgan fingerprint density at radius 2 is 1.92 bits per heavy atom. The van der Waals surface area contributed by atoms with Crippen molar-refractivity contribution in [3.8, 4) is 0 Å². The maximum Gasteiger partial charge on any atom is 0.316 e. The lowest BCUT2D eigenvalue weighted by molar-refractivity contribution is -0.169. The van der Waals surface area contributed by atoms with E-state index in [0.717, 1.165) is 0 Å². The zero-order valence-electron chi connectivity index (χ0n) is 7.66. The number of ether oxygens (including phenoxy) is 1. The van der Waals surface area contributed by atoms with E-state index in [1.54, 1.807) is 6.92 Å². The Morgan fingerprint density at radius 1 is 1.33 bits per heavy atom. The van der Waals surface area contributed by atoms with Crippen LogP contribution in [0.2, 0.25) is 0 Å². The quantitative estimate of drug-likeness (QED) is 0.438. The lowest BCUT2D eigenvalue weighted by Gasteiger charge is -2.29. The van der Waals surface area contributed by atoms with Crippen LogP contribution in [0, 0.1) is 11.8 Å². The van der Waals surface area contributed by atoms with Gasteiger partial charge in [0.1, 0.15) is 12.0 Å². The smallest absolute Gasteiger partial charge is 0.316 e. The Kier molecular flexibility index (Phi) is 2.50. The Morgan fingerprint density at radius 3 is 2.42 bits per heavy atom. The number of rotatable bonds is 1. The second kappa shape index (κ2) is 3.25. The Bertz CT molecular complexity index is 210. The van der Waals surface area contributed by atoms with E-state index in [1.165, 1.54) is 0 Å². The summed E-state index contributed by atoms with van der Waals surface area (Å²) in [5, 5.41) is 0. The number of hydrogen-bond acceptors (Lipinski definition) is 3. The van der Waals surface area contributed by atoms with E-state index in [1.807, 2.05) is 13.8 Å². The summed E-state index contributed by atoms with van der Waals surface area (Å²) in [7, 11) is 0. The summed E-state index contributed by atoms with van der Waals surface area (Å²) in [6, 6.07) is 0. The first kappa shape index (κ1) is 9.23. The van der Waals surface area contributed by atoms with Crippen molar-refractivity contribution in [2.24, 2.45) is 11.8 Å². The zero-order valence-corrected chi connectivity index (χ0v) is 7.66. The van der Waals surface area contributed by atoms with Crippen molar-refractivity contribution >= 4 is 11.8 Å². The van der Waals surface area contributed by atoms with Crippen molar-refractivity contribution in [3.63, 3.8) is 0 Å². The predicted octanol–water partition coefficient (Wildman–Crippen LogP) is 1.16. The van der Waals surface area contributed by atoms with Gasteiger partial charge in [-0.05, 0) is 13.3 Å². The minimum absolute atomic E-state index is 0.0121. The third-order valence-corrected chi connectivity index (χ3v) is 2.46. The molecule has 0 N–H and O–H groups in total. The number of esters is 1. The maximum atomic E-state index is 11.4. The highest BCUT2D eigenvalue weighted by atomic mass is 16.5. The molecule has 0 aromatic carbocycles. The molecule has 0 amide bonds. The first-order valence-corrected chi connectivity index (χ1v) is 4.32. The third-order valence-electron chi connectivity index (χ3n) is 2.46. The van der Waals surface area contributed by atoms with Gasteiger partial charge < -0.3 is 4.74 Å². The van der Waals surface area contributed by atoms with Gasteiger partial charge in [0.2, 0.25) is 0 Å². The number of cyclic esters (lactones) is 1. The van der Waals surface area contributed by atoms with Crippen LogP contribution in [0.3, 0.4) is 0 Å². The Labute approximate surface area is 72.1 Å². The van der Waals surface area contributed by atoms with Crippen LogP contribution < -0.4 is 0 Å². The monoisotopic (exact) mass is 170 g/mol. The van der Waals surface area contributed by atoms with Crippen molar-refractivity contribution in [1.29, 1.82) is 0 Å². The molecule has 1 heterocycles. The minimum Gasteiger partial charge on any atom is -0.461 e. The van der Waals surface area contributed by atoms with E-state index in [2.05, 4.69) is 0 Å². The van der Waals surface area contributed by atoms with Gasteiger partial charge in [-0.25, -0.2) is 0 Å². The SMILES string of the molecule is CC[C@H]1OC(=O)[C@H](C)C(=O)[C@@H]1C. The van der Waals surface area contributed by atoms with Gasteiger partial charge in [-0.15, -0.1) is 0 Å². The number of hydrogen-bond donors (Lipinski definition) is 0. The predicted molar refractivity (Wildman–Crippen MR) is 43.5 cm³/mol. The molecule has 12 heavy (non-hydrogen) atoms. The van der Waals surface area contributed by atoms with Crippen LogP contribution in [-0.2, 0) is 14.3 Å². The highest BCUT2D eigenvalue weighted by molar-refractivity contribution is 6.01. The van der Waals surface area contributed by atoms with Crippen LogP contribution in [0.1, 0.15) is 27.2 Å². The van der Waals surface area contributed by atoms with Gasteiger partial charge in [-0.2, -0.15) is 0 Å². The minimum atomic E-state index is -0.567. The van der Waals surface area contributed by atoms with E-state index in [-0.39, 0.29) is 23.8 Å². The fraction of sp³-hybridized carbons (Fsp3) is 0.778. The molecule has 1 saturated heterocycles. The van der Waals surface area contributed by atoms with Gasteiger partial charge in [0, 0.05) is 0 Å².